The van der Waals surface area contributed by atoms with Crippen LogP contribution in [0.4, 0.5) is 0 Å². The van der Waals surface area contributed by atoms with Crippen molar-refractivity contribution in [1.82, 2.24) is 9.78 Å². The molecule has 2 N–H and O–H groups in total. The van der Waals surface area contributed by atoms with E-state index in [0.29, 0.717) is 6.54 Å². The fourth-order valence-electron chi connectivity index (χ4n) is 0.880. The Morgan fingerprint density at radius 3 is 2.62 bits per heavy atom. The number of amides is 1. The summed E-state index contributed by atoms with van der Waals surface area (Å²) in [5, 5.41) is 8.70. The highest BCUT2D eigenvalue weighted by Gasteiger charge is 2.15. The van der Waals surface area contributed by atoms with Crippen LogP contribution in [0.1, 0.15) is 20.3 Å². The Bertz CT molecular complexity index is 554. The second-order valence-corrected chi connectivity index (χ2v) is 5.56. The van der Waals surface area contributed by atoms with Gasteiger partial charge in [0.15, 0.2) is 0 Å². The van der Waals surface area contributed by atoms with E-state index >= 15 is 0 Å². The number of carbonyl (C=O) groups excluding carboxylic acids is 1. The van der Waals surface area contributed by atoms with E-state index in [-0.39, 0.29) is 21.5 Å². The predicted octanol–water partition coefficient (Wildman–Crippen LogP) is -0.551. The molecular formula is C7H12N4O3S2. The molecule has 0 atom stereocenters. The molecule has 0 bridgehead atoms. The monoisotopic (exact) mass is 264 g/mol. The Morgan fingerprint density at radius 2 is 2.19 bits per heavy atom. The fraction of sp³-hybridized carbons (Fsp3) is 0.571. The van der Waals surface area contributed by atoms with Gasteiger partial charge >= 0.3 is 0 Å². The first-order valence-electron chi connectivity index (χ1n) is 4.56. The quantitative estimate of drug-likeness (QED) is 0.790. The van der Waals surface area contributed by atoms with Gasteiger partial charge in [-0.1, -0.05) is 18.3 Å². The number of aromatic nitrogens is 2. The Hall–Kier alpha value is -1.06. The van der Waals surface area contributed by atoms with Gasteiger partial charge in [-0.25, -0.2) is 18.2 Å². The maximum atomic E-state index is 11.1. The normalized spacial score (nSPS) is 13.1. The van der Waals surface area contributed by atoms with Crippen LogP contribution >= 0.6 is 11.3 Å². The maximum Gasteiger partial charge on any atom is 0.267 e. The van der Waals surface area contributed by atoms with E-state index in [1.54, 1.807) is 13.8 Å². The average molecular weight is 264 g/mol. The third-order valence-corrected chi connectivity index (χ3v) is 3.92. The molecule has 9 heteroatoms. The van der Waals surface area contributed by atoms with Crippen LogP contribution < -0.4 is 9.94 Å². The van der Waals surface area contributed by atoms with E-state index < -0.39 is 10.0 Å². The summed E-state index contributed by atoms with van der Waals surface area (Å²) in [6.07, 6.45) is 0.256. The van der Waals surface area contributed by atoms with Gasteiger partial charge in [0.2, 0.25) is 15.0 Å². The second-order valence-electron chi connectivity index (χ2n) is 2.87. The molecule has 0 fully saturated rings. The molecule has 0 aliphatic carbocycles. The summed E-state index contributed by atoms with van der Waals surface area (Å²) in [6, 6.07) is 0. The minimum Gasteiger partial charge on any atom is -0.273 e. The van der Waals surface area contributed by atoms with Gasteiger partial charge in [-0.2, -0.15) is 4.99 Å². The molecule has 0 radical (unpaired) electrons. The molecule has 0 unspecified atom stereocenters. The molecular weight excluding hydrogens is 252 g/mol. The number of hydrogen-bond acceptors (Lipinski definition) is 5. The number of hydrogen-bond donors (Lipinski definition) is 1. The topological polar surface area (TPSA) is 107 Å². The van der Waals surface area contributed by atoms with E-state index in [9.17, 15) is 13.2 Å². The summed E-state index contributed by atoms with van der Waals surface area (Å²) in [5.41, 5.74) is 0. The van der Waals surface area contributed by atoms with Crippen LogP contribution in [0.2, 0.25) is 0 Å². The van der Waals surface area contributed by atoms with Crippen molar-refractivity contribution >= 4 is 27.3 Å². The zero-order chi connectivity index (χ0) is 12.3. The first-order valence-corrected chi connectivity index (χ1v) is 6.93. The van der Waals surface area contributed by atoms with Crippen LogP contribution in [0.25, 0.3) is 0 Å². The van der Waals surface area contributed by atoms with Crippen molar-refractivity contribution in [1.29, 1.82) is 0 Å². The Kier molecular flexibility index (Phi) is 3.94. The first-order chi connectivity index (χ1) is 7.38. The van der Waals surface area contributed by atoms with E-state index in [2.05, 4.69) is 10.1 Å². The minimum absolute atomic E-state index is 0.239. The standard InChI is InChI=1S/C7H12N4O3S2/c1-3-5(12)9-6-11(4-2)10-7(15-6)16(8,13)14/h3-4H2,1-2H3,(H2,8,13,14). The Morgan fingerprint density at radius 1 is 1.56 bits per heavy atom. The molecule has 0 saturated heterocycles. The van der Waals surface area contributed by atoms with Gasteiger partial charge in [-0.05, 0) is 6.92 Å². The number of sulfonamides is 1. The third-order valence-electron chi connectivity index (χ3n) is 1.67. The van der Waals surface area contributed by atoms with Crippen molar-refractivity contribution in [3.05, 3.63) is 4.80 Å². The summed E-state index contributed by atoms with van der Waals surface area (Å²) in [7, 11) is -3.84. The summed E-state index contributed by atoms with van der Waals surface area (Å²) in [5.74, 6) is -0.327. The van der Waals surface area contributed by atoms with Crippen molar-refractivity contribution < 1.29 is 13.2 Å². The smallest absolute Gasteiger partial charge is 0.267 e. The van der Waals surface area contributed by atoms with Crippen LogP contribution in [0.3, 0.4) is 0 Å². The predicted molar refractivity (Wildman–Crippen MR) is 58.0 cm³/mol. The van der Waals surface area contributed by atoms with Gasteiger partial charge in [0.1, 0.15) is 0 Å². The molecule has 1 rings (SSSR count). The van der Waals surface area contributed by atoms with Crippen molar-refractivity contribution in [2.24, 2.45) is 10.1 Å². The van der Waals surface area contributed by atoms with E-state index in [4.69, 9.17) is 5.14 Å². The van der Waals surface area contributed by atoms with E-state index in [1.165, 1.54) is 4.68 Å². The van der Waals surface area contributed by atoms with Gasteiger partial charge < -0.3 is 0 Å². The molecule has 1 aromatic rings. The van der Waals surface area contributed by atoms with Crippen LogP contribution in [0.5, 0.6) is 0 Å². The minimum atomic E-state index is -3.84. The summed E-state index contributed by atoms with van der Waals surface area (Å²) in [4.78, 5) is 15.1. The molecule has 1 aromatic heterocycles. The molecule has 0 spiro atoms. The van der Waals surface area contributed by atoms with Crippen molar-refractivity contribution in [2.75, 3.05) is 0 Å². The molecule has 0 aliphatic rings. The van der Waals surface area contributed by atoms with Crippen LogP contribution in [0, 0.1) is 0 Å². The van der Waals surface area contributed by atoms with Crippen LogP contribution in [-0.2, 0) is 21.4 Å². The SMILES string of the molecule is CCC(=O)N=c1sc(S(N)(=O)=O)nn1CC. The van der Waals surface area contributed by atoms with E-state index in [0.717, 1.165) is 11.3 Å². The summed E-state index contributed by atoms with van der Waals surface area (Å²) < 4.78 is 23.2. The Labute approximate surface area is 96.7 Å². The van der Waals surface area contributed by atoms with Gasteiger partial charge in [0.25, 0.3) is 10.0 Å². The largest absolute Gasteiger partial charge is 0.273 e. The lowest BCUT2D eigenvalue weighted by molar-refractivity contribution is -0.117. The number of primary sulfonamides is 1. The summed E-state index contributed by atoms with van der Waals surface area (Å²) in [6.45, 7) is 3.85. The van der Waals surface area contributed by atoms with Gasteiger partial charge in [-0.15, -0.1) is 5.10 Å². The lowest BCUT2D eigenvalue weighted by Crippen LogP contribution is -2.17. The Balaban J connectivity index is 3.36. The zero-order valence-corrected chi connectivity index (χ0v) is 10.5. The van der Waals surface area contributed by atoms with Crippen molar-refractivity contribution in [2.45, 2.75) is 31.2 Å². The lowest BCUT2D eigenvalue weighted by atomic mass is 10.5. The third kappa shape index (κ3) is 2.97. The van der Waals surface area contributed by atoms with E-state index in [1.807, 2.05) is 0 Å². The number of aryl methyl sites for hydroxylation is 1. The lowest BCUT2D eigenvalue weighted by Gasteiger charge is -1.92. The highest BCUT2D eigenvalue weighted by Crippen LogP contribution is 2.05. The fourth-order valence-corrected chi connectivity index (χ4v) is 2.50. The van der Waals surface area contributed by atoms with Crippen molar-refractivity contribution in [3.63, 3.8) is 0 Å². The molecule has 0 aliphatic heterocycles. The highest BCUT2D eigenvalue weighted by atomic mass is 32.2. The molecule has 1 amide bonds. The number of rotatable bonds is 3. The van der Waals surface area contributed by atoms with Gasteiger partial charge in [0.05, 0.1) is 0 Å². The average Bonchev–Trinajstić information content (AvgIpc) is 2.60. The molecule has 1 heterocycles. The van der Waals surface area contributed by atoms with Crippen molar-refractivity contribution in [3.8, 4) is 0 Å². The number of nitrogens with zero attached hydrogens (tertiary/aromatic N) is 3. The van der Waals surface area contributed by atoms with Gasteiger partial charge in [0, 0.05) is 13.0 Å². The van der Waals surface area contributed by atoms with Crippen LogP contribution in [0.15, 0.2) is 9.33 Å². The zero-order valence-electron chi connectivity index (χ0n) is 8.87. The maximum absolute atomic E-state index is 11.1. The molecule has 0 aromatic carbocycles. The molecule has 90 valence electrons. The molecule has 16 heavy (non-hydrogen) atoms. The number of carbonyl (C=O) groups is 1. The van der Waals surface area contributed by atoms with Gasteiger partial charge in [-0.3, -0.25) is 4.79 Å². The second kappa shape index (κ2) is 4.85. The highest BCUT2D eigenvalue weighted by molar-refractivity contribution is 7.91. The van der Waals surface area contributed by atoms with Crippen LogP contribution in [-0.4, -0.2) is 24.1 Å². The number of nitrogens with two attached hydrogens (primary N) is 1. The molecule has 0 saturated carbocycles. The first kappa shape index (κ1) is 13.0. The molecule has 7 nitrogen and oxygen atoms in total. The summed E-state index contributed by atoms with van der Waals surface area (Å²) >= 11 is 0.786.